The summed E-state index contributed by atoms with van der Waals surface area (Å²) in [5.74, 6) is -0.0295. The molecule has 1 aliphatic rings. The third-order valence-corrected chi connectivity index (χ3v) is 3.51. The number of fused-ring (bicyclic) bond motifs is 1. The zero-order valence-corrected chi connectivity index (χ0v) is 10.4. The molecule has 1 fully saturated rings. The van der Waals surface area contributed by atoms with Gasteiger partial charge in [-0.2, -0.15) is 0 Å². The average molecular weight is 244 g/mol. The fraction of sp³-hybridized carbons (Fsp3) is 0.462. The van der Waals surface area contributed by atoms with Gasteiger partial charge in [-0.25, -0.2) is 4.98 Å². The lowest BCUT2D eigenvalue weighted by Gasteiger charge is -2.11. The van der Waals surface area contributed by atoms with Gasteiger partial charge < -0.3 is 5.32 Å². The number of nitrogens with one attached hydrogen (secondary N) is 1. The maximum Gasteiger partial charge on any atom is 0.270 e. The highest BCUT2D eigenvalue weighted by Crippen LogP contribution is 2.19. The van der Waals surface area contributed by atoms with E-state index in [1.54, 1.807) is 23.0 Å². The van der Waals surface area contributed by atoms with E-state index in [0.717, 1.165) is 18.5 Å². The summed E-state index contributed by atoms with van der Waals surface area (Å²) in [5.41, 5.74) is 2.09. The van der Waals surface area contributed by atoms with Crippen LogP contribution in [0.1, 0.15) is 41.9 Å². The molecule has 18 heavy (non-hydrogen) atoms. The Morgan fingerprint density at radius 3 is 3.00 bits per heavy atom. The Hall–Kier alpha value is -1.91. The van der Waals surface area contributed by atoms with Crippen LogP contribution in [0.25, 0.3) is 5.65 Å². The largest absolute Gasteiger partial charge is 0.348 e. The van der Waals surface area contributed by atoms with Crippen LogP contribution < -0.4 is 5.32 Å². The van der Waals surface area contributed by atoms with E-state index in [1.165, 1.54) is 12.8 Å². The number of hydrogen-bond donors (Lipinski definition) is 1. The zero-order chi connectivity index (χ0) is 12.5. The van der Waals surface area contributed by atoms with Crippen molar-refractivity contribution in [3.63, 3.8) is 0 Å². The lowest BCUT2D eigenvalue weighted by molar-refractivity contribution is 0.0931. The van der Waals surface area contributed by atoms with Gasteiger partial charge in [0.2, 0.25) is 0 Å². The lowest BCUT2D eigenvalue weighted by atomic mass is 10.2. The van der Waals surface area contributed by atoms with Crippen molar-refractivity contribution >= 4 is 11.6 Å². The summed E-state index contributed by atoms with van der Waals surface area (Å²) in [4.78, 5) is 20.7. The monoisotopic (exact) mass is 244 g/mol. The smallest absolute Gasteiger partial charge is 0.270 e. The summed E-state index contributed by atoms with van der Waals surface area (Å²) in [7, 11) is 0. The summed E-state index contributed by atoms with van der Waals surface area (Å²) in [6, 6.07) is 0.323. The Balaban J connectivity index is 1.92. The van der Waals surface area contributed by atoms with Gasteiger partial charge in [-0.1, -0.05) is 12.8 Å². The summed E-state index contributed by atoms with van der Waals surface area (Å²) >= 11 is 0. The molecular weight excluding hydrogens is 228 g/mol. The van der Waals surface area contributed by atoms with Gasteiger partial charge in [0, 0.05) is 18.4 Å². The summed E-state index contributed by atoms with van der Waals surface area (Å²) < 4.78 is 1.80. The predicted octanol–water partition coefficient (Wildman–Crippen LogP) is 1.71. The molecule has 0 atom stereocenters. The van der Waals surface area contributed by atoms with Gasteiger partial charge in [0.05, 0.1) is 11.9 Å². The van der Waals surface area contributed by atoms with Crippen LogP contribution in [-0.4, -0.2) is 26.3 Å². The first-order valence-corrected chi connectivity index (χ1v) is 6.35. The number of hydrogen-bond acceptors (Lipinski definition) is 3. The third-order valence-electron chi connectivity index (χ3n) is 3.51. The predicted molar refractivity (Wildman–Crippen MR) is 67.4 cm³/mol. The molecule has 1 amide bonds. The fourth-order valence-electron chi connectivity index (χ4n) is 2.62. The number of amides is 1. The van der Waals surface area contributed by atoms with Gasteiger partial charge in [-0.05, 0) is 19.8 Å². The Labute approximate surface area is 105 Å². The molecule has 2 aromatic heterocycles. The SMILES string of the molecule is Cc1nc2cnccn2c1C(=O)NC1CCCC1. The first-order chi connectivity index (χ1) is 8.75. The summed E-state index contributed by atoms with van der Waals surface area (Å²) in [6.45, 7) is 1.86. The highest BCUT2D eigenvalue weighted by molar-refractivity contribution is 5.94. The normalized spacial score (nSPS) is 16.3. The molecule has 0 spiro atoms. The third kappa shape index (κ3) is 1.85. The maximum absolute atomic E-state index is 12.3. The Morgan fingerprint density at radius 2 is 2.22 bits per heavy atom. The van der Waals surface area contributed by atoms with Crippen molar-refractivity contribution in [1.82, 2.24) is 19.7 Å². The van der Waals surface area contributed by atoms with Crippen molar-refractivity contribution in [3.8, 4) is 0 Å². The van der Waals surface area contributed by atoms with E-state index in [1.807, 2.05) is 6.92 Å². The van der Waals surface area contributed by atoms with Gasteiger partial charge in [-0.15, -0.1) is 0 Å². The van der Waals surface area contributed by atoms with E-state index in [0.29, 0.717) is 17.4 Å². The molecule has 5 heteroatoms. The number of nitrogens with zero attached hydrogens (tertiary/aromatic N) is 3. The molecule has 94 valence electrons. The molecule has 3 rings (SSSR count). The van der Waals surface area contributed by atoms with E-state index in [4.69, 9.17) is 0 Å². The van der Waals surface area contributed by atoms with Crippen LogP contribution >= 0.6 is 0 Å². The van der Waals surface area contributed by atoms with Crippen LogP contribution in [0, 0.1) is 6.92 Å². The minimum absolute atomic E-state index is 0.0295. The molecule has 0 aromatic carbocycles. The van der Waals surface area contributed by atoms with Crippen LogP contribution in [0.5, 0.6) is 0 Å². The van der Waals surface area contributed by atoms with Crippen LogP contribution in [0.15, 0.2) is 18.6 Å². The quantitative estimate of drug-likeness (QED) is 0.874. The van der Waals surface area contributed by atoms with Gasteiger partial charge in [0.1, 0.15) is 5.69 Å². The molecule has 0 bridgehead atoms. The first-order valence-electron chi connectivity index (χ1n) is 6.35. The molecule has 5 nitrogen and oxygen atoms in total. The molecule has 0 radical (unpaired) electrons. The van der Waals surface area contributed by atoms with Gasteiger partial charge in [0.15, 0.2) is 5.65 Å². The fourth-order valence-corrected chi connectivity index (χ4v) is 2.62. The highest BCUT2D eigenvalue weighted by atomic mass is 16.2. The van der Waals surface area contributed by atoms with Crippen LogP contribution in [0.4, 0.5) is 0 Å². The number of aryl methyl sites for hydroxylation is 1. The average Bonchev–Trinajstić information content (AvgIpc) is 2.94. The molecule has 1 N–H and O–H groups in total. The topological polar surface area (TPSA) is 59.3 Å². The first kappa shape index (κ1) is 11.2. The molecule has 2 heterocycles. The van der Waals surface area contributed by atoms with Gasteiger partial charge in [0.25, 0.3) is 5.91 Å². The maximum atomic E-state index is 12.3. The van der Waals surface area contributed by atoms with E-state index < -0.39 is 0 Å². The minimum atomic E-state index is -0.0295. The van der Waals surface area contributed by atoms with Gasteiger partial charge >= 0.3 is 0 Å². The van der Waals surface area contributed by atoms with Crippen molar-refractivity contribution in [2.75, 3.05) is 0 Å². The number of carbonyl (C=O) groups excluding carboxylic acids is 1. The molecule has 0 saturated heterocycles. The molecular formula is C13H16N4O. The number of carbonyl (C=O) groups is 1. The lowest BCUT2D eigenvalue weighted by Crippen LogP contribution is -2.33. The van der Waals surface area contributed by atoms with Crippen molar-refractivity contribution in [3.05, 3.63) is 30.0 Å². The Bertz CT molecular complexity index is 584. The number of rotatable bonds is 2. The standard InChI is InChI=1S/C13H16N4O/c1-9-12(13(18)16-10-4-2-3-5-10)17-7-6-14-8-11(17)15-9/h6-8,10H,2-5H2,1H3,(H,16,18). The molecule has 0 unspecified atom stereocenters. The van der Waals surface area contributed by atoms with E-state index in [9.17, 15) is 4.79 Å². The Morgan fingerprint density at radius 1 is 1.44 bits per heavy atom. The van der Waals surface area contributed by atoms with Crippen LogP contribution in [-0.2, 0) is 0 Å². The summed E-state index contributed by atoms with van der Waals surface area (Å²) in [5, 5.41) is 3.09. The molecule has 1 saturated carbocycles. The van der Waals surface area contributed by atoms with E-state index in [-0.39, 0.29) is 5.91 Å². The number of aromatic nitrogens is 3. The summed E-state index contributed by atoms with van der Waals surface area (Å²) in [6.07, 6.45) is 9.70. The van der Waals surface area contributed by atoms with Crippen LogP contribution in [0.3, 0.4) is 0 Å². The second-order valence-electron chi connectivity index (χ2n) is 4.81. The second-order valence-corrected chi connectivity index (χ2v) is 4.81. The van der Waals surface area contributed by atoms with Gasteiger partial charge in [-0.3, -0.25) is 14.2 Å². The number of imidazole rings is 1. The van der Waals surface area contributed by atoms with Crippen molar-refractivity contribution in [1.29, 1.82) is 0 Å². The minimum Gasteiger partial charge on any atom is -0.348 e. The molecule has 1 aliphatic carbocycles. The highest BCUT2D eigenvalue weighted by Gasteiger charge is 2.21. The Kier molecular flexibility index (Phi) is 2.74. The second kappa shape index (κ2) is 4.40. The molecule has 2 aromatic rings. The molecule has 0 aliphatic heterocycles. The van der Waals surface area contributed by atoms with Crippen LogP contribution in [0.2, 0.25) is 0 Å². The van der Waals surface area contributed by atoms with Crippen molar-refractivity contribution in [2.45, 2.75) is 38.6 Å². The van der Waals surface area contributed by atoms with Crippen molar-refractivity contribution in [2.24, 2.45) is 0 Å². The van der Waals surface area contributed by atoms with E-state index >= 15 is 0 Å². The van der Waals surface area contributed by atoms with E-state index in [2.05, 4.69) is 15.3 Å². The zero-order valence-electron chi connectivity index (χ0n) is 10.4. The van der Waals surface area contributed by atoms with Crippen molar-refractivity contribution < 1.29 is 4.79 Å².